The summed E-state index contributed by atoms with van der Waals surface area (Å²) in [5.41, 5.74) is 3.24. The number of rotatable bonds is 6. The lowest BCUT2D eigenvalue weighted by Gasteiger charge is -2.28. The highest BCUT2D eigenvalue weighted by molar-refractivity contribution is 6.11. The Labute approximate surface area is 202 Å². The molecule has 4 aromatic rings. The topological polar surface area (TPSA) is 90.7 Å². The first kappa shape index (κ1) is 22.5. The predicted octanol–water partition coefficient (Wildman–Crippen LogP) is 4.38. The van der Waals surface area contributed by atoms with Gasteiger partial charge in [0.2, 0.25) is 0 Å². The molecule has 1 saturated heterocycles. The van der Waals surface area contributed by atoms with Gasteiger partial charge >= 0.3 is 0 Å². The van der Waals surface area contributed by atoms with E-state index in [0.717, 1.165) is 42.9 Å². The van der Waals surface area contributed by atoms with Gasteiger partial charge in [-0.05, 0) is 53.6 Å². The van der Waals surface area contributed by atoms with Gasteiger partial charge in [-0.15, -0.1) is 0 Å². The van der Waals surface area contributed by atoms with Crippen molar-refractivity contribution in [2.45, 2.75) is 0 Å². The van der Waals surface area contributed by atoms with Crippen molar-refractivity contribution >= 4 is 34.2 Å². The minimum absolute atomic E-state index is 0.360. The molecule has 0 spiro atoms. The Bertz CT molecular complexity index is 1440. The molecule has 0 saturated carbocycles. The van der Waals surface area contributed by atoms with Gasteiger partial charge in [-0.2, -0.15) is 0 Å². The van der Waals surface area contributed by atoms with Crippen molar-refractivity contribution in [1.29, 1.82) is 5.41 Å². The summed E-state index contributed by atoms with van der Waals surface area (Å²) in [5.74, 6) is 0.916. The molecule has 7 nitrogen and oxygen atoms in total. The number of hydrogen-bond donors (Lipinski definition) is 2. The lowest BCUT2D eigenvalue weighted by molar-refractivity contribution is 0.584. The molecule has 1 aliphatic rings. The Hall–Kier alpha value is -4.30. The van der Waals surface area contributed by atoms with Crippen molar-refractivity contribution in [3.05, 3.63) is 90.8 Å². The smallest absolute Gasteiger partial charge is 0.163 e. The Balaban J connectivity index is 1.56. The molecule has 3 aromatic heterocycles. The molecule has 1 aromatic carbocycles. The van der Waals surface area contributed by atoms with Crippen LogP contribution in [0.4, 0.5) is 10.2 Å². The van der Waals surface area contributed by atoms with E-state index in [2.05, 4.69) is 31.7 Å². The minimum atomic E-state index is -0.360. The number of benzene rings is 1. The Kier molecular flexibility index (Phi) is 6.36. The van der Waals surface area contributed by atoms with Crippen LogP contribution in [0.2, 0.25) is 0 Å². The number of hydrogen-bond acceptors (Lipinski definition) is 7. The Morgan fingerprint density at radius 1 is 1.03 bits per heavy atom. The molecule has 5 rings (SSSR count). The molecular weight excluding hydrogens is 441 g/mol. The second kappa shape index (κ2) is 9.90. The maximum atomic E-state index is 14.5. The van der Waals surface area contributed by atoms with Gasteiger partial charge in [-0.3, -0.25) is 0 Å². The number of anilines is 1. The van der Waals surface area contributed by atoms with Gasteiger partial charge in [-0.1, -0.05) is 18.7 Å². The van der Waals surface area contributed by atoms with Gasteiger partial charge in [0.15, 0.2) is 11.5 Å². The van der Waals surface area contributed by atoms with Crippen molar-refractivity contribution < 1.29 is 4.39 Å². The zero-order valence-electron chi connectivity index (χ0n) is 19.1. The number of nitrogens with zero attached hydrogens (tertiary/aromatic N) is 5. The number of nitrogens with one attached hydrogen (secondary N) is 2. The van der Waals surface area contributed by atoms with E-state index in [0.29, 0.717) is 33.9 Å². The molecule has 174 valence electrons. The first-order valence-electron chi connectivity index (χ1n) is 11.4. The van der Waals surface area contributed by atoms with Crippen molar-refractivity contribution in [2.75, 3.05) is 31.1 Å². The standard InChI is InChI=1S/C27H24FN7/c1-18(15-19(17-29)26-32-10-8-25(34-26)35-13-11-30-12-14-35)22-16-24(21-5-2-3-7-23(21)28)33-27-20(22)6-4-9-31-27/h2-10,15-17,29-30H,1,11-14H2/b19-15+,29-17?. The number of piperazine rings is 1. The van der Waals surface area contributed by atoms with Crippen LogP contribution in [0.25, 0.3) is 33.4 Å². The van der Waals surface area contributed by atoms with Crippen LogP contribution in [-0.4, -0.2) is 52.3 Å². The van der Waals surface area contributed by atoms with E-state index >= 15 is 0 Å². The summed E-state index contributed by atoms with van der Waals surface area (Å²) >= 11 is 0. The van der Waals surface area contributed by atoms with Gasteiger partial charge in [-0.25, -0.2) is 24.3 Å². The zero-order valence-corrected chi connectivity index (χ0v) is 19.1. The fraction of sp³-hybridized carbons (Fsp3) is 0.148. The summed E-state index contributed by atoms with van der Waals surface area (Å²) < 4.78 is 14.5. The second-order valence-electron chi connectivity index (χ2n) is 8.15. The predicted molar refractivity (Wildman–Crippen MR) is 138 cm³/mol. The van der Waals surface area contributed by atoms with Crippen molar-refractivity contribution in [1.82, 2.24) is 25.3 Å². The number of aromatic nitrogens is 4. The summed E-state index contributed by atoms with van der Waals surface area (Å²) in [6.45, 7) is 7.78. The van der Waals surface area contributed by atoms with Crippen LogP contribution in [0, 0.1) is 11.2 Å². The first-order chi connectivity index (χ1) is 17.1. The number of halogens is 1. The van der Waals surface area contributed by atoms with Gasteiger partial charge in [0.1, 0.15) is 11.6 Å². The monoisotopic (exact) mass is 465 g/mol. The van der Waals surface area contributed by atoms with E-state index in [1.807, 2.05) is 18.2 Å². The molecule has 2 N–H and O–H groups in total. The molecule has 8 heteroatoms. The third kappa shape index (κ3) is 4.69. The molecule has 0 amide bonds. The molecule has 0 radical (unpaired) electrons. The van der Waals surface area contributed by atoms with E-state index in [9.17, 15) is 4.39 Å². The third-order valence-corrected chi connectivity index (χ3v) is 5.91. The van der Waals surface area contributed by atoms with Crippen LogP contribution in [-0.2, 0) is 0 Å². The molecule has 1 aliphatic heterocycles. The number of fused-ring (bicyclic) bond motifs is 1. The molecule has 1 fully saturated rings. The summed E-state index contributed by atoms with van der Waals surface area (Å²) in [5, 5.41) is 12.1. The number of allylic oxidation sites excluding steroid dienone is 3. The summed E-state index contributed by atoms with van der Waals surface area (Å²) in [4.78, 5) is 20.3. The van der Waals surface area contributed by atoms with E-state index in [4.69, 9.17) is 10.4 Å². The molecular formula is C27H24FN7. The van der Waals surface area contributed by atoms with Gasteiger partial charge < -0.3 is 15.6 Å². The van der Waals surface area contributed by atoms with Gasteiger partial charge in [0.25, 0.3) is 0 Å². The fourth-order valence-corrected chi connectivity index (χ4v) is 4.12. The third-order valence-electron chi connectivity index (χ3n) is 5.91. The lowest BCUT2D eigenvalue weighted by atomic mass is 9.98. The molecule has 0 aliphatic carbocycles. The quantitative estimate of drug-likeness (QED) is 0.324. The maximum absolute atomic E-state index is 14.5. The van der Waals surface area contributed by atoms with Crippen LogP contribution in [0.5, 0.6) is 0 Å². The van der Waals surface area contributed by atoms with Crippen LogP contribution in [0.15, 0.2) is 73.6 Å². The fourth-order valence-electron chi connectivity index (χ4n) is 4.12. The van der Waals surface area contributed by atoms with Crippen LogP contribution < -0.4 is 10.2 Å². The largest absolute Gasteiger partial charge is 0.354 e. The average Bonchev–Trinajstić information content (AvgIpc) is 2.92. The van der Waals surface area contributed by atoms with Crippen LogP contribution in [0.3, 0.4) is 0 Å². The minimum Gasteiger partial charge on any atom is -0.354 e. The molecule has 0 bridgehead atoms. The normalized spacial score (nSPS) is 14.2. The van der Waals surface area contributed by atoms with Crippen LogP contribution >= 0.6 is 0 Å². The maximum Gasteiger partial charge on any atom is 0.163 e. The van der Waals surface area contributed by atoms with E-state index in [1.54, 1.807) is 42.7 Å². The Morgan fingerprint density at radius 2 is 1.86 bits per heavy atom. The SMILES string of the molecule is C=C(/C=C(\C=N)c1nccc(N2CCNCC2)n1)c1cc(-c2ccccc2F)nc2ncccc12. The van der Waals surface area contributed by atoms with Crippen molar-refractivity contribution in [3.8, 4) is 11.3 Å². The van der Waals surface area contributed by atoms with Gasteiger partial charge in [0.05, 0.1) is 5.69 Å². The van der Waals surface area contributed by atoms with E-state index in [1.165, 1.54) is 12.3 Å². The van der Waals surface area contributed by atoms with E-state index in [-0.39, 0.29) is 5.82 Å². The summed E-state index contributed by atoms with van der Waals surface area (Å²) in [6, 6.07) is 13.9. The highest BCUT2D eigenvalue weighted by Crippen LogP contribution is 2.30. The first-order valence-corrected chi connectivity index (χ1v) is 11.4. The average molecular weight is 466 g/mol. The summed E-state index contributed by atoms with van der Waals surface area (Å²) in [6.07, 6.45) is 6.36. The number of pyridine rings is 2. The highest BCUT2D eigenvalue weighted by atomic mass is 19.1. The van der Waals surface area contributed by atoms with Crippen LogP contribution in [0.1, 0.15) is 11.4 Å². The molecule has 4 heterocycles. The van der Waals surface area contributed by atoms with Gasteiger partial charge in [0, 0.05) is 61.3 Å². The molecule has 0 unspecified atom stereocenters. The molecule has 35 heavy (non-hydrogen) atoms. The highest BCUT2D eigenvalue weighted by Gasteiger charge is 2.15. The summed E-state index contributed by atoms with van der Waals surface area (Å²) in [7, 11) is 0. The Morgan fingerprint density at radius 3 is 2.66 bits per heavy atom. The lowest BCUT2D eigenvalue weighted by Crippen LogP contribution is -2.44. The van der Waals surface area contributed by atoms with E-state index < -0.39 is 0 Å². The zero-order chi connectivity index (χ0) is 24.2. The van der Waals surface area contributed by atoms with Crippen molar-refractivity contribution in [3.63, 3.8) is 0 Å². The molecule has 0 atom stereocenters. The van der Waals surface area contributed by atoms with Crippen molar-refractivity contribution in [2.24, 2.45) is 0 Å². The second-order valence-corrected chi connectivity index (χ2v) is 8.15.